The van der Waals surface area contributed by atoms with E-state index in [0.29, 0.717) is 18.7 Å². The monoisotopic (exact) mass is 289 g/mol. The molecule has 0 aliphatic heterocycles. The Kier molecular flexibility index (Phi) is 4.40. The van der Waals surface area contributed by atoms with Gasteiger partial charge in [0.05, 0.1) is 9.36 Å². The molecule has 0 aliphatic rings. The second-order valence-electron chi connectivity index (χ2n) is 3.52. The summed E-state index contributed by atoms with van der Waals surface area (Å²) in [6.45, 7) is 1.12. The molecular formula is C12H10Cl2FNS. The smallest absolute Gasteiger partial charge is 0.146 e. The van der Waals surface area contributed by atoms with Gasteiger partial charge in [0, 0.05) is 23.5 Å². The van der Waals surface area contributed by atoms with Gasteiger partial charge in [0.25, 0.3) is 0 Å². The Morgan fingerprint density at radius 3 is 2.65 bits per heavy atom. The summed E-state index contributed by atoms with van der Waals surface area (Å²) in [7, 11) is 0. The van der Waals surface area contributed by atoms with Crippen molar-refractivity contribution in [3.63, 3.8) is 0 Å². The average Bonchev–Trinajstić information content (AvgIpc) is 2.70. The molecule has 0 fully saturated rings. The lowest BCUT2D eigenvalue weighted by Crippen LogP contribution is -2.12. The van der Waals surface area contributed by atoms with Crippen molar-refractivity contribution in [2.75, 3.05) is 0 Å². The first-order valence-electron chi connectivity index (χ1n) is 5.04. The molecular weight excluding hydrogens is 280 g/mol. The van der Waals surface area contributed by atoms with Gasteiger partial charge >= 0.3 is 0 Å². The molecule has 90 valence electrons. The molecule has 0 amide bonds. The number of hydrogen-bond donors (Lipinski definition) is 1. The maximum absolute atomic E-state index is 13.5. The molecule has 1 aromatic heterocycles. The van der Waals surface area contributed by atoms with Crippen molar-refractivity contribution in [2.24, 2.45) is 0 Å². The van der Waals surface area contributed by atoms with Crippen LogP contribution in [0.1, 0.15) is 10.4 Å². The van der Waals surface area contributed by atoms with E-state index in [-0.39, 0.29) is 10.8 Å². The van der Waals surface area contributed by atoms with Crippen LogP contribution in [0.15, 0.2) is 30.3 Å². The van der Waals surface area contributed by atoms with Crippen molar-refractivity contribution >= 4 is 34.5 Å². The van der Waals surface area contributed by atoms with Crippen LogP contribution in [-0.4, -0.2) is 0 Å². The lowest BCUT2D eigenvalue weighted by Gasteiger charge is -2.05. The number of nitrogens with one attached hydrogen (secondary N) is 1. The molecule has 2 aromatic rings. The molecule has 0 atom stereocenters. The van der Waals surface area contributed by atoms with Gasteiger partial charge in [0.15, 0.2) is 0 Å². The molecule has 1 aromatic carbocycles. The van der Waals surface area contributed by atoms with Crippen LogP contribution in [0.4, 0.5) is 4.39 Å². The summed E-state index contributed by atoms with van der Waals surface area (Å²) in [5.41, 5.74) is 0.570. The predicted molar refractivity (Wildman–Crippen MR) is 71.3 cm³/mol. The Morgan fingerprint density at radius 2 is 1.94 bits per heavy atom. The fourth-order valence-electron chi connectivity index (χ4n) is 1.45. The number of thiophene rings is 1. The van der Waals surface area contributed by atoms with Gasteiger partial charge in [-0.05, 0) is 18.2 Å². The molecule has 5 heteroatoms. The van der Waals surface area contributed by atoms with E-state index in [0.717, 1.165) is 9.21 Å². The number of halogens is 3. The van der Waals surface area contributed by atoms with Crippen LogP contribution in [0.3, 0.4) is 0 Å². The summed E-state index contributed by atoms with van der Waals surface area (Å²) in [6, 6.07) is 8.80. The highest BCUT2D eigenvalue weighted by molar-refractivity contribution is 7.16. The van der Waals surface area contributed by atoms with Gasteiger partial charge in [-0.15, -0.1) is 11.3 Å². The highest BCUT2D eigenvalue weighted by Crippen LogP contribution is 2.21. The van der Waals surface area contributed by atoms with Crippen LogP contribution < -0.4 is 5.32 Å². The lowest BCUT2D eigenvalue weighted by molar-refractivity contribution is 0.589. The first-order valence-corrected chi connectivity index (χ1v) is 6.62. The summed E-state index contributed by atoms with van der Waals surface area (Å²) in [6.07, 6.45) is 0. The summed E-state index contributed by atoms with van der Waals surface area (Å²) in [4.78, 5) is 1.12. The van der Waals surface area contributed by atoms with Gasteiger partial charge < -0.3 is 5.32 Å². The molecule has 0 unspecified atom stereocenters. The topological polar surface area (TPSA) is 12.0 Å². The zero-order valence-electron chi connectivity index (χ0n) is 8.84. The van der Waals surface area contributed by atoms with E-state index in [1.807, 2.05) is 12.1 Å². The van der Waals surface area contributed by atoms with Crippen LogP contribution in [0.5, 0.6) is 0 Å². The van der Waals surface area contributed by atoms with Crippen LogP contribution in [0.2, 0.25) is 9.36 Å². The Labute approximate surface area is 113 Å². The van der Waals surface area contributed by atoms with E-state index in [2.05, 4.69) is 5.32 Å². The molecule has 17 heavy (non-hydrogen) atoms. The first kappa shape index (κ1) is 12.8. The molecule has 1 nitrogen and oxygen atoms in total. The highest BCUT2D eigenvalue weighted by Gasteiger charge is 2.05. The predicted octanol–water partition coefficient (Wildman–Crippen LogP) is 4.48. The Bertz CT molecular complexity index is 513. The van der Waals surface area contributed by atoms with Crippen molar-refractivity contribution < 1.29 is 4.39 Å². The van der Waals surface area contributed by atoms with E-state index in [9.17, 15) is 4.39 Å². The van der Waals surface area contributed by atoms with Gasteiger partial charge in [-0.3, -0.25) is 0 Å². The maximum Gasteiger partial charge on any atom is 0.146 e. The van der Waals surface area contributed by atoms with E-state index in [1.165, 1.54) is 11.3 Å². The average molecular weight is 290 g/mol. The summed E-state index contributed by atoms with van der Waals surface area (Å²) < 4.78 is 14.3. The highest BCUT2D eigenvalue weighted by atomic mass is 35.5. The standard InChI is InChI=1S/C12H10Cl2FNS/c13-10-3-1-2-8(12(10)15)6-16-7-9-4-5-11(14)17-9/h1-5,16H,6-7H2. The van der Waals surface area contributed by atoms with Crippen LogP contribution in [0.25, 0.3) is 0 Å². The zero-order valence-corrected chi connectivity index (χ0v) is 11.2. The third-order valence-corrected chi connectivity index (χ3v) is 3.80. The van der Waals surface area contributed by atoms with Crippen molar-refractivity contribution in [3.8, 4) is 0 Å². The van der Waals surface area contributed by atoms with Crippen molar-refractivity contribution in [3.05, 3.63) is 55.9 Å². The molecule has 0 aliphatic carbocycles. The quantitative estimate of drug-likeness (QED) is 0.875. The Balaban J connectivity index is 1.92. The number of benzene rings is 1. The third kappa shape index (κ3) is 3.42. The molecule has 2 rings (SSSR count). The van der Waals surface area contributed by atoms with E-state index in [4.69, 9.17) is 23.2 Å². The molecule has 0 bridgehead atoms. The molecule has 0 radical (unpaired) electrons. The minimum atomic E-state index is -0.356. The minimum absolute atomic E-state index is 0.156. The van der Waals surface area contributed by atoms with Gasteiger partial charge in [-0.1, -0.05) is 35.3 Å². The largest absolute Gasteiger partial charge is 0.308 e. The molecule has 1 N–H and O–H groups in total. The Hall–Kier alpha value is -0.610. The first-order chi connectivity index (χ1) is 8.16. The lowest BCUT2D eigenvalue weighted by atomic mass is 10.2. The molecule has 0 saturated heterocycles. The summed E-state index contributed by atoms with van der Waals surface area (Å²) in [5.74, 6) is -0.356. The fraction of sp³-hybridized carbons (Fsp3) is 0.167. The van der Waals surface area contributed by atoms with Crippen molar-refractivity contribution in [2.45, 2.75) is 13.1 Å². The van der Waals surface area contributed by atoms with E-state index < -0.39 is 0 Å². The number of hydrogen-bond acceptors (Lipinski definition) is 2. The number of rotatable bonds is 4. The Morgan fingerprint density at radius 1 is 1.12 bits per heavy atom. The molecule has 0 saturated carbocycles. The van der Waals surface area contributed by atoms with Crippen LogP contribution in [0, 0.1) is 5.82 Å². The van der Waals surface area contributed by atoms with Gasteiger partial charge in [0.2, 0.25) is 0 Å². The van der Waals surface area contributed by atoms with Crippen LogP contribution >= 0.6 is 34.5 Å². The third-order valence-electron chi connectivity index (χ3n) is 2.28. The summed E-state index contributed by atoms with van der Waals surface area (Å²) in [5, 5.41) is 3.31. The van der Waals surface area contributed by atoms with Crippen molar-refractivity contribution in [1.82, 2.24) is 5.32 Å². The molecule has 1 heterocycles. The minimum Gasteiger partial charge on any atom is -0.308 e. The second kappa shape index (κ2) is 5.83. The molecule has 0 spiro atoms. The zero-order chi connectivity index (χ0) is 12.3. The van der Waals surface area contributed by atoms with Gasteiger partial charge in [0.1, 0.15) is 5.82 Å². The van der Waals surface area contributed by atoms with E-state index >= 15 is 0 Å². The maximum atomic E-state index is 13.5. The second-order valence-corrected chi connectivity index (χ2v) is 5.73. The summed E-state index contributed by atoms with van der Waals surface area (Å²) >= 11 is 13.0. The van der Waals surface area contributed by atoms with Gasteiger partial charge in [-0.25, -0.2) is 4.39 Å². The van der Waals surface area contributed by atoms with Crippen LogP contribution in [-0.2, 0) is 13.1 Å². The fourth-order valence-corrected chi connectivity index (χ4v) is 2.70. The SMILES string of the molecule is Fc1c(Cl)cccc1CNCc1ccc(Cl)s1. The van der Waals surface area contributed by atoms with E-state index in [1.54, 1.807) is 18.2 Å². The van der Waals surface area contributed by atoms with Crippen molar-refractivity contribution in [1.29, 1.82) is 0 Å². The van der Waals surface area contributed by atoms with Gasteiger partial charge in [-0.2, -0.15) is 0 Å². The normalized spacial score (nSPS) is 10.8.